The highest BCUT2D eigenvalue weighted by Gasteiger charge is 2.23. The van der Waals surface area contributed by atoms with Crippen LogP contribution in [0.15, 0.2) is 94.2 Å². The van der Waals surface area contributed by atoms with E-state index in [9.17, 15) is 9.59 Å². The normalized spacial score (nSPS) is 10.6. The Kier molecular flexibility index (Phi) is 6.19. The van der Waals surface area contributed by atoms with Crippen LogP contribution >= 0.6 is 34.9 Å². The van der Waals surface area contributed by atoms with E-state index >= 15 is 0 Å². The first-order chi connectivity index (χ1) is 14.2. The molecule has 0 aliphatic carbocycles. The van der Waals surface area contributed by atoms with Crippen molar-refractivity contribution in [2.45, 2.75) is 9.79 Å². The molecule has 0 spiro atoms. The number of thioether (sulfide) groups is 2. The summed E-state index contributed by atoms with van der Waals surface area (Å²) in [7, 11) is 0. The molecule has 142 valence electrons. The lowest BCUT2D eigenvalue weighted by Gasteiger charge is -2.08. The van der Waals surface area contributed by atoms with Crippen LogP contribution < -0.4 is 0 Å². The molecule has 2 heterocycles. The summed E-state index contributed by atoms with van der Waals surface area (Å²) in [5.41, 5.74) is 0.740. The molecule has 7 heteroatoms. The van der Waals surface area contributed by atoms with Gasteiger partial charge in [0.05, 0.1) is 16.8 Å². The smallest absolute Gasteiger partial charge is 0.244 e. The van der Waals surface area contributed by atoms with E-state index in [4.69, 9.17) is 0 Å². The van der Waals surface area contributed by atoms with Gasteiger partial charge in [0.15, 0.2) is 0 Å². The van der Waals surface area contributed by atoms with E-state index in [1.54, 1.807) is 6.20 Å². The summed E-state index contributed by atoms with van der Waals surface area (Å²) >= 11 is 3.59. The number of nitrogens with zero attached hydrogens (tertiary/aromatic N) is 2. The van der Waals surface area contributed by atoms with Gasteiger partial charge in [0.25, 0.3) is 0 Å². The molecule has 0 N–H and O–H groups in total. The third-order valence-electron chi connectivity index (χ3n) is 3.84. The van der Waals surface area contributed by atoms with Gasteiger partial charge in [-0.15, -0.1) is 11.3 Å². The summed E-state index contributed by atoms with van der Waals surface area (Å²) < 4.78 is 0. The second kappa shape index (κ2) is 9.17. The van der Waals surface area contributed by atoms with Gasteiger partial charge in [0.1, 0.15) is 11.4 Å². The van der Waals surface area contributed by atoms with Gasteiger partial charge in [-0.3, -0.25) is 9.59 Å². The molecule has 0 bridgehead atoms. The van der Waals surface area contributed by atoms with Crippen molar-refractivity contribution >= 4 is 45.1 Å². The zero-order valence-electron chi connectivity index (χ0n) is 15.0. The highest BCUT2D eigenvalue weighted by Crippen LogP contribution is 2.29. The largest absolute Gasteiger partial charge is 0.279 e. The van der Waals surface area contributed by atoms with Crippen LogP contribution in [0.3, 0.4) is 0 Å². The molecule has 4 nitrogen and oxygen atoms in total. The topological polar surface area (TPSA) is 59.9 Å². The van der Waals surface area contributed by atoms with Gasteiger partial charge in [0.2, 0.25) is 10.2 Å². The molecule has 0 saturated heterocycles. The summed E-state index contributed by atoms with van der Waals surface area (Å²) in [6.07, 6.45) is 1.55. The lowest BCUT2D eigenvalue weighted by atomic mass is 10.3. The number of carbonyl (C=O) groups excluding carboxylic acids is 2. The molecule has 2 aromatic heterocycles. The molecule has 0 fully saturated rings. The molecule has 29 heavy (non-hydrogen) atoms. The molecule has 4 rings (SSSR count). The molecule has 0 aliphatic rings. The Hall–Kier alpha value is -2.74. The number of hydrogen-bond acceptors (Lipinski definition) is 7. The first-order valence-corrected chi connectivity index (χ1v) is 11.2. The SMILES string of the molecule is O=C(Sc1ccccc1)c1ncc(-c2cccs2)nc1C(=O)Sc1ccccc1. The number of aromatic nitrogens is 2. The van der Waals surface area contributed by atoms with E-state index < -0.39 is 0 Å². The van der Waals surface area contributed by atoms with Crippen LogP contribution in [0.1, 0.15) is 21.0 Å². The molecule has 0 saturated carbocycles. The lowest BCUT2D eigenvalue weighted by molar-refractivity contribution is 0.105. The van der Waals surface area contributed by atoms with Crippen LogP contribution in [0.4, 0.5) is 0 Å². The van der Waals surface area contributed by atoms with Crippen LogP contribution in [-0.4, -0.2) is 20.2 Å². The molecule has 0 aliphatic heterocycles. The van der Waals surface area contributed by atoms with E-state index in [1.165, 1.54) is 11.3 Å². The minimum atomic E-state index is -0.307. The Morgan fingerprint density at radius 3 is 1.86 bits per heavy atom. The fourth-order valence-corrected chi connectivity index (χ4v) is 4.69. The standard InChI is InChI=1S/C22H14N2O2S3/c25-21(28-15-8-3-1-4-9-15)19-20(22(26)29-16-10-5-2-6-11-16)24-17(14-23-19)18-12-7-13-27-18/h1-14H. The fraction of sp³-hybridized carbons (Fsp3) is 0. The second-order valence-corrected chi connectivity index (χ2v) is 8.88. The van der Waals surface area contributed by atoms with Crippen molar-refractivity contribution < 1.29 is 9.59 Å². The third-order valence-corrected chi connectivity index (χ3v) is 6.51. The Labute approximate surface area is 180 Å². The fourth-order valence-electron chi connectivity index (χ4n) is 2.51. The first kappa shape index (κ1) is 19.6. The highest BCUT2D eigenvalue weighted by atomic mass is 32.2. The Bertz CT molecular complexity index is 1130. The number of rotatable bonds is 5. The Balaban J connectivity index is 1.69. The van der Waals surface area contributed by atoms with Crippen LogP contribution in [0.2, 0.25) is 0 Å². The van der Waals surface area contributed by atoms with Crippen molar-refractivity contribution in [1.29, 1.82) is 0 Å². The summed E-state index contributed by atoms with van der Waals surface area (Å²) in [6.45, 7) is 0. The number of carbonyl (C=O) groups is 2. The van der Waals surface area contributed by atoms with Crippen LogP contribution in [0.25, 0.3) is 10.6 Å². The molecule has 4 aromatic rings. The summed E-state index contributed by atoms with van der Waals surface area (Å²) in [6, 6.07) is 22.4. The van der Waals surface area contributed by atoms with Gasteiger partial charge < -0.3 is 0 Å². The maximum Gasteiger partial charge on any atom is 0.244 e. The predicted octanol–water partition coefficient (Wildman–Crippen LogP) is 6.07. The summed E-state index contributed by atoms with van der Waals surface area (Å²) in [4.78, 5) is 37.2. The molecular formula is C22H14N2O2S3. The van der Waals surface area contributed by atoms with E-state index in [0.717, 1.165) is 38.2 Å². The maximum absolute atomic E-state index is 13.0. The van der Waals surface area contributed by atoms with E-state index in [-0.39, 0.29) is 21.6 Å². The predicted molar refractivity (Wildman–Crippen MR) is 119 cm³/mol. The van der Waals surface area contributed by atoms with Crippen molar-refractivity contribution in [3.63, 3.8) is 0 Å². The lowest BCUT2D eigenvalue weighted by Crippen LogP contribution is -2.11. The van der Waals surface area contributed by atoms with Crippen molar-refractivity contribution in [2.75, 3.05) is 0 Å². The van der Waals surface area contributed by atoms with Crippen molar-refractivity contribution in [3.05, 3.63) is 95.8 Å². The zero-order valence-corrected chi connectivity index (χ0v) is 17.5. The minimum absolute atomic E-state index is 0.0765. The van der Waals surface area contributed by atoms with Crippen LogP contribution in [-0.2, 0) is 0 Å². The molecular weight excluding hydrogens is 420 g/mol. The van der Waals surface area contributed by atoms with Gasteiger partial charge >= 0.3 is 0 Å². The monoisotopic (exact) mass is 434 g/mol. The van der Waals surface area contributed by atoms with E-state index in [0.29, 0.717) is 5.69 Å². The Morgan fingerprint density at radius 2 is 1.31 bits per heavy atom. The van der Waals surface area contributed by atoms with Crippen molar-refractivity contribution in [2.24, 2.45) is 0 Å². The van der Waals surface area contributed by atoms with Crippen LogP contribution in [0.5, 0.6) is 0 Å². The number of thiophene rings is 1. The number of hydrogen-bond donors (Lipinski definition) is 0. The quantitative estimate of drug-likeness (QED) is 0.355. The van der Waals surface area contributed by atoms with E-state index in [2.05, 4.69) is 9.97 Å². The second-order valence-electron chi connectivity index (χ2n) is 5.83. The van der Waals surface area contributed by atoms with Crippen molar-refractivity contribution in [1.82, 2.24) is 9.97 Å². The average Bonchev–Trinajstić information content (AvgIpc) is 3.30. The molecule has 0 atom stereocenters. The van der Waals surface area contributed by atoms with Gasteiger partial charge in [0, 0.05) is 9.79 Å². The van der Waals surface area contributed by atoms with Crippen LogP contribution in [0, 0.1) is 0 Å². The van der Waals surface area contributed by atoms with Gasteiger partial charge in [-0.05, 0) is 59.2 Å². The van der Waals surface area contributed by atoms with Gasteiger partial charge in [-0.25, -0.2) is 9.97 Å². The first-order valence-electron chi connectivity index (χ1n) is 8.66. The average molecular weight is 435 g/mol. The highest BCUT2D eigenvalue weighted by molar-refractivity contribution is 8.14. The van der Waals surface area contributed by atoms with Gasteiger partial charge in [-0.1, -0.05) is 42.5 Å². The number of benzene rings is 2. The zero-order chi connectivity index (χ0) is 20.1. The maximum atomic E-state index is 13.0. The van der Waals surface area contributed by atoms with Gasteiger partial charge in [-0.2, -0.15) is 0 Å². The molecule has 0 radical (unpaired) electrons. The molecule has 0 amide bonds. The Morgan fingerprint density at radius 1 is 0.724 bits per heavy atom. The summed E-state index contributed by atoms with van der Waals surface area (Å²) in [5.74, 6) is 0. The van der Waals surface area contributed by atoms with Crippen molar-refractivity contribution in [3.8, 4) is 10.6 Å². The molecule has 2 aromatic carbocycles. The van der Waals surface area contributed by atoms with E-state index in [1.807, 2.05) is 78.2 Å². The third kappa shape index (κ3) is 4.82. The molecule has 0 unspecified atom stereocenters. The minimum Gasteiger partial charge on any atom is -0.279 e. The summed E-state index contributed by atoms with van der Waals surface area (Å²) in [5, 5.41) is 1.32.